The summed E-state index contributed by atoms with van der Waals surface area (Å²) in [5.41, 5.74) is -3.59. The first kappa shape index (κ1) is 51.6. The van der Waals surface area contributed by atoms with Crippen molar-refractivity contribution in [1.82, 2.24) is 9.80 Å². The molecule has 0 aromatic carbocycles. The summed E-state index contributed by atoms with van der Waals surface area (Å²) in [7, 11) is -0.614. The first-order chi connectivity index (χ1) is 16.1. The Balaban J connectivity index is -0.000000189. The Hall–Kier alpha value is 1.08. The number of hydrogen-bond acceptors (Lipinski definition) is 8. The zero-order valence-electron chi connectivity index (χ0n) is 25.4. The van der Waals surface area contributed by atoms with E-state index in [9.17, 15) is 19.5 Å². The van der Waals surface area contributed by atoms with Gasteiger partial charge in [0.2, 0.25) is 0 Å². The van der Waals surface area contributed by atoms with Gasteiger partial charge in [-0.3, -0.25) is 9.74 Å². The van der Waals surface area contributed by atoms with Crippen molar-refractivity contribution in [2.24, 2.45) is 0 Å². The summed E-state index contributed by atoms with van der Waals surface area (Å²) in [6.45, 7) is 25.3. The van der Waals surface area contributed by atoms with Crippen molar-refractivity contribution < 1.29 is 143 Å². The molecule has 0 aromatic rings. The Morgan fingerprint density at radius 1 is 0.805 bits per heavy atom. The molecule has 2 heterocycles. The molecule has 0 radical (unpaired) electrons. The molecule has 0 saturated carbocycles. The van der Waals surface area contributed by atoms with Crippen molar-refractivity contribution >= 4 is 26.5 Å². The van der Waals surface area contributed by atoms with Crippen LogP contribution in [0, 0.1) is 6.57 Å². The molecule has 2 saturated heterocycles. The van der Waals surface area contributed by atoms with Crippen molar-refractivity contribution in [2.45, 2.75) is 96.6 Å². The smallest absolute Gasteiger partial charge is 0.410 e. The quantitative estimate of drug-likeness (QED) is 0.197. The summed E-state index contributed by atoms with van der Waals surface area (Å²) in [6, 6.07) is 0. The van der Waals surface area contributed by atoms with Gasteiger partial charge in [0.1, 0.15) is 17.7 Å². The van der Waals surface area contributed by atoms with Crippen LogP contribution in [0.25, 0.3) is 4.85 Å². The van der Waals surface area contributed by atoms with Crippen LogP contribution in [0.3, 0.4) is 0 Å². The molecule has 2 aliphatic heterocycles. The van der Waals surface area contributed by atoms with Gasteiger partial charge in [-0.15, -0.1) is 0 Å². The van der Waals surface area contributed by atoms with Crippen LogP contribution in [0.1, 0.15) is 54.4 Å². The van der Waals surface area contributed by atoms with Crippen molar-refractivity contribution in [1.29, 1.82) is 0 Å². The Kier molecular flexibility index (Phi) is 25.5. The van der Waals surface area contributed by atoms with Crippen LogP contribution in [0.5, 0.6) is 0 Å². The molecule has 0 bridgehead atoms. The maximum atomic E-state index is 12.0. The number of rotatable bonds is 3. The number of nitrogens with zero attached hydrogens (tertiary/aromatic N) is 3. The van der Waals surface area contributed by atoms with Gasteiger partial charge in [-0.05, 0) is 61.2 Å². The SMILES string of the molecule is COC(=O)C1(O)CCN(C(=O)OC(C)(C)C)C1.[C-]#[N+]C1(O[Si](C)(C)C)CCN(C(=O)OC(C)(C)C)C1.[W].[W].[W].[W].[W]. The second kappa shape index (κ2) is 20.3. The number of likely N-dealkylation sites (tertiary alicyclic amines) is 2. The normalized spacial score (nSPS) is 21.4. The van der Waals surface area contributed by atoms with Crippen LogP contribution >= 0.6 is 0 Å². The number of amides is 2. The second-order valence-corrected chi connectivity index (χ2v) is 16.5. The molecule has 2 rings (SSSR count). The van der Waals surface area contributed by atoms with E-state index >= 15 is 0 Å². The summed E-state index contributed by atoms with van der Waals surface area (Å²) >= 11 is 0. The molecular weight excluding hydrogens is 1410 g/mol. The molecule has 2 aliphatic rings. The fourth-order valence-corrected chi connectivity index (χ4v) is 5.00. The maximum Gasteiger partial charge on any atom is 0.410 e. The van der Waals surface area contributed by atoms with Crippen LogP contribution in [-0.2, 0) is 129 Å². The van der Waals surface area contributed by atoms with Gasteiger partial charge in [-0.2, -0.15) is 0 Å². The van der Waals surface area contributed by atoms with Crippen molar-refractivity contribution in [3.63, 3.8) is 0 Å². The van der Waals surface area contributed by atoms with Crippen LogP contribution in [0.4, 0.5) is 9.59 Å². The van der Waals surface area contributed by atoms with Gasteiger partial charge in [0.25, 0.3) is 0 Å². The largest absolute Gasteiger partial charge is 0.467 e. The zero-order valence-corrected chi connectivity index (χ0v) is 41.1. The Morgan fingerprint density at radius 2 is 1.20 bits per heavy atom. The Morgan fingerprint density at radius 3 is 1.54 bits per heavy atom. The number of carbonyl (C=O) groups excluding carboxylic acids is 3. The van der Waals surface area contributed by atoms with E-state index in [4.69, 9.17) is 20.5 Å². The Labute approximate surface area is 317 Å². The molecule has 11 nitrogen and oxygen atoms in total. The summed E-state index contributed by atoms with van der Waals surface area (Å²) in [6.07, 6.45) is -0.173. The first-order valence-corrected chi connectivity index (χ1v) is 15.4. The van der Waals surface area contributed by atoms with E-state index in [0.29, 0.717) is 19.5 Å². The molecule has 2 fully saturated rings. The van der Waals surface area contributed by atoms with Gasteiger partial charge in [0.05, 0.1) is 20.1 Å². The van der Waals surface area contributed by atoms with Gasteiger partial charge in [-0.25, -0.2) is 21.0 Å². The van der Waals surface area contributed by atoms with E-state index in [1.807, 2.05) is 20.8 Å². The first-order valence-electron chi connectivity index (χ1n) is 12.0. The molecule has 1 N–H and O–H groups in total. The monoisotopic (exact) mass is 1450 g/mol. The van der Waals surface area contributed by atoms with Crippen LogP contribution in [0.2, 0.25) is 19.6 Å². The summed E-state index contributed by atoms with van der Waals surface area (Å²) in [5, 5.41) is 9.95. The van der Waals surface area contributed by atoms with Crippen LogP contribution < -0.4 is 0 Å². The van der Waals surface area contributed by atoms with Gasteiger partial charge in [0, 0.05) is 125 Å². The number of β-amino-alcohol motifs (C(OH)–C–C–N with tert-alkyl or cyclic N) is 1. The number of aliphatic hydroxyl groups is 1. The molecular formula is C24H43N3O8SiW5. The molecule has 2 amide bonds. The molecule has 2 unspecified atom stereocenters. The van der Waals surface area contributed by atoms with Gasteiger partial charge in [-0.1, -0.05) is 0 Å². The van der Waals surface area contributed by atoms with E-state index in [1.165, 1.54) is 12.0 Å². The van der Waals surface area contributed by atoms with E-state index in [0.717, 1.165) is 0 Å². The molecule has 0 aromatic heterocycles. The second-order valence-electron chi connectivity index (χ2n) is 12.1. The molecule has 0 spiro atoms. The van der Waals surface area contributed by atoms with Crippen molar-refractivity contribution in [2.75, 3.05) is 33.3 Å². The van der Waals surface area contributed by atoms with Gasteiger partial charge in [0.15, 0.2) is 13.9 Å². The van der Waals surface area contributed by atoms with E-state index in [2.05, 4.69) is 29.2 Å². The van der Waals surface area contributed by atoms with Gasteiger partial charge >= 0.3 is 23.9 Å². The summed E-state index contributed by atoms with van der Waals surface area (Å²) in [5.74, 6) is -0.719. The molecule has 41 heavy (non-hydrogen) atoms. The zero-order chi connectivity index (χ0) is 28.2. The van der Waals surface area contributed by atoms with E-state index in [1.54, 1.807) is 25.7 Å². The summed E-state index contributed by atoms with van der Waals surface area (Å²) < 4.78 is 21.0. The molecule has 2 atom stereocenters. The predicted molar refractivity (Wildman–Crippen MR) is 136 cm³/mol. The standard InChI is InChI=1S/C13H24N2O3Si.C11H19NO5.5W/c1-12(2,3)17-11(16)15-9-8-13(10-15,14-4)18-19(5,6)7;1-10(2,3)17-9(14)12-6-5-11(15,7-12)8(13)16-4;;;;;/h8-10H2,1-3,5-7H3;15H,5-7H2,1-4H3;;;;;. The number of esters is 1. The fourth-order valence-electron chi connectivity index (χ4n) is 3.65. The van der Waals surface area contributed by atoms with Crippen molar-refractivity contribution in [3.05, 3.63) is 11.4 Å². The maximum absolute atomic E-state index is 12.0. The van der Waals surface area contributed by atoms with E-state index in [-0.39, 0.29) is 131 Å². The summed E-state index contributed by atoms with van der Waals surface area (Å²) in [4.78, 5) is 41.6. The van der Waals surface area contributed by atoms with E-state index < -0.39 is 42.9 Å². The average molecular weight is 1450 g/mol. The Bertz CT molecular complexity index is 877. The average Bonchev–Trinajstić information content (AvgIpc) is 3.29. The van der Waals surface area contributed by atoms with Crippen molar-refractivity contribution in [3.8, 4) is 0 Å². The molecule has 17 heteroatoms. The molecule has 0 aliphatic carbocycles. The van der Waals surface area contributed by atoms with Crippen LogP contribution in [0.15, 0.2) is 0 Å². The van der Waals surface area contributed by atoms with Gasteiger partial charge < -0.3 is 28.6 Å². The number of hydrogen-bond donors (Lipinski definition) is 1. The molecule has 236 valence electrons. The topological polar surface area (TPSA) is 119 Å². The predicted octanol–water partition coefficient (Wildman–Crippen LogP) is 3.61. The third kappa shape index (κ3) is 18.6. The number of ether oxygens (including phenoxy) is 3. The third-order valence-electron chi connectivity index (χ3n) is 5.03. The fraction of sp³-hybridized carbons (Fsp3) is 0.833. The number of methoxy groups -OCH3 is 1. The minimum Gasteiger partial charge on any atom is -0.467 e. The minimum absolute atomic E-state index is 0. The van der Waals surface area contributed by atoms with Crippen LogP contribution in [-0.4, -0.2) is 97.2 Å². The third-order valence-corrected chi connectivity index (χ3v) is 6.02. The number of carbonyl (C=O) groups is 3. The minimum atomic E-state index is -1.82.